The third kappa shape index (κ3) is 0.899. The molecule has 2 saturated heterocycles. The number of aliphatic hydroxyl groups is 1. The Morgan fingerprint density at radius 1 is 1.75 bits per heavy atom. The summed E-state index contributed by atoms with van der Waals surface area (Å²) >= 11 is 0. The van der Waals surface area contributed by atoms with E-state index in [2.05, 4.69) is 0 Å². The Bertz CT molecular complexity index is 219. The number of ether oxygens (including phenoxy) is 1. The lowest BCUT2D eigenvalue weighted by Gasteiger charge is -2.29. The Balaban J connectivity index is 2.14. The number of carboxylic acid groups (broad SMARTS) is 1. The standard InChI is InChI=1S/C7H11NO4/c9-4-7-1-5(2-12-7)8(3-7)6(10)11/h5,9H,1-4H2,(H,10,11)/t5-,7-/m1/s1. The van der Waals surface area contributed by atoms with Crippen LogP contribution in [0.25, 0.3) is 0 Å². The summed E-state index contributed by atoms with van der Waals surface area (Å²) in [6.45, 7) is 0.643. The fraction of sp³-hybridized carbons (Fsp3) is 0.857. The monoisotopic (exact) mass is 173 g/mol. The van der Waals surface area contributed by atoms with Crippen LogP contribution in [0.4, 0.5) is 4.79 Å². The average molecular weight is 173 g/mol. The second-order valence-electron chi connectivity index (χ2n) is 3.42. The van der Waals surface area contributed by atoms with Gasteiger partial charge in [-0.05, 0) is 0 Å². The summed E-state index contributed by atoms with van der Waals surface area (Å²) in [4.78, 5) is 12.0. The highest BCUT2D eigenvalue weighted by atomic mass is 16.5. The predicted octanol–water partition coefficient (Wildman–Crippen LogP) is -0.500. The summed E-state index contributed by atoms with van der Waals surface area (Å²) in [6.07, 6.45) is -0.283. The van der Waals surface area contributed by atoms with E-state index >= 15 is 0 Å². The fourth-order valence-corrected chi connectivity index (χ4v) is 1.95. The zero-order valence-electron chi connectivity index (χ0n) is 6.56. The largest absolute Gasteiger partial charge is 0.465 e. The van der Waals surface area contributed by atoms with Gasteiger partial charge in [0.25, 0.3) is 0 Å². The van der Waals surface area contributed by atoms with Crippen LogP contribution in [-0.4, -0.2) is 52.6 Å². The number of carbonyl (C=O) groups is 1. The molecule has 2 bridgehead atoms. The Morgan fingerprint density at radius 3 is 2.92 bits per heavy atom. The number of rotatable bonds is 1. The minimum atomic E-state index is -0.918. The van der Waals surface area contributed by atoms with Gasteiger partial charge in [0.05, 0.1) is 25.8 Å². The second kappa shape index (κ2) is 2.34. The molecule has 68 valence electrons. The molecule has 2 N–H and O–H groups in total. The van der Waals surface area contributed by atoms with E-state index in [-0.39, 0.29) is 12.6 Å². The normalized spacial score (nSPS) is 39.1. The third-order valence-corrected chi connectivity index (χ3v) is 2.62. The van der Waals surface area contributed by atoms with Crippen molar-refractivity contribution in [2.24, 2.45) is 0 Å². The summed E-state index contributed by atoms with van der Waals surface area (Å²) in [5.74, 6) is 0. The number of morpholine rings is 1. The van der Waals surface area contributed by atoms with Crippen molar-refractivity contribution in [3.05, 3.63) is 0 Å². The lowest BCUT2D eigenvalue weighted by atomic mass is 10.1. The van der Waals surface area contributed by atoms with E-state index in [0.29, 0.717) is 19.6 Å². The molecule has 2 fully saturated rings. The van der Waals surface area contributed by atoms with E-state index in [1.807, 2.05) is 0 Å². The van der Waals surface area contributed by atoms with Gasteiger partial charge in [-0.2, -0.15) is 0 Å². The topological polar surface area (TPSA) is 70.0 Å². The van der Waals surface area contributed by atoms with Crippen molar-refractivity contribution >= 4 is 6.09 Å². The van der Waals surface area contributed by atoms with Crippen LogP contribution in [0.2, 0.25) is 0 Å². The first-order valence-corrected chi connectivity index (χ1v) is 3.91. The van der Waals surface area contributed by atoms with E-state index in [1.165, 1.54) is 4.90 Å². The predicted molar refractivity (Wildman–Crippen MR) is 38.9 cm³/mol. The van der Waals surface area contributed by atoms with Gasteiger partial charge in [-0.15, -0.1) is 0 Å². The Hall–Kier alpha value is -0.810. The lowest BCUT2D eigenvalue weighted by molar-refractivity contribution is -0.0679. The Morgan fingerprint density at radius 2 is 2.50 bits per heavy atom. The number of fused-ring (bicyclic) bond motifs is 2. The highest BCUT2D eigenvalue weighted by Gasteiger charge is 2.52. The van der Waals surface area contributed by atoms with Crippen molar-refractivity contribution in [3.8, 4) is 0 Å². The molecule has 2 atom stereocenters. The molecular weight excluding hydrogens is 162 g/mol. The van der Waals surface area contributed by atoms with Crippen LogP contribution in [0.5, 0.6) is 0 Å². The molecule has 0 aromatic rings. The smallest absolute Gasteiger partial charge is 0.407 e. The van der Waals surface area contributed by atoms with Crippen LogP contribution in [0.3, 0.4) is 0 Å². The van der Waals surface area contributed by atoms with Gasteiger partial charge >= 0.3 is 6.09 Å². The molecule has 0 aromatic heterocycles. The molecule has 0 saturated carbocycles. The molecule has 0 unspecified atom stereocenters. The molecule has 2 rings (SSSR count). The summed E-state index contributed by atoms with van der Waals surface area (Å²) in [7, 11) is 0. The molecular formula is C7H11NO4. The molecule has 0 aromatic carbocycles. The second-order valence-corrected chi connectivity index (χ2v) is 3.42. The van der Waals surface area contributed by atoms with Crippen LogP contribution in [-0.2, 0) is 4.74 Å². The van der Waals surface area contributed by atoms with Gasteiger partial charge in [-0.3, -0.25) is 4.90 Å². The van der Waals surface area contributed by atoms with Crippen molar-refractivity contribution < 1.29 is 19.7 Å². The molecule has 5 heteroatoms. The molecule has 5 nitrogen and oxygen atoms in total. The van der Waals surface area contributed by atoms with Crippen LogP contribution < -0.4 is 0 Å². The lowest BCUT2D eigenvalue weighted by Crippen LogP contribution is -2.46. The SMILES string of the molecule is O=C(O)N1C[C@@]2(CO)C[C@@H]1CO2. The van der Waals surface area contributed by atoms with Crippen LogP contribution in [0.15, 0.2) is 0 Å². The fourth-order valence-electron chi connectivity index (χ4n) is 1.95. The van der Waals surface area contributed by atoms with Gasteiger partial charge < -0.3 is 14.9 Å². The van der Waals surface area contributed by atoms with E-state index in [4.69, 9.17) is 14.9 Å². The maximum Gasteiger partial charge on any atom is 0.407 e. The van der Waals surface area contributed by atoms with Crippen molar-refractivity contribution in [3.63, 3.8) is 0 Å². The first-order chi connectivity index (χ1) is 5.67. The van der Waals surface area contributed by atoms with Crippen molar-refractivity contribution in [1.29, 1.82) is 0 Å². The van der Waals surface area contributed by atoms with E-state index in [9.17, 15) is 4.79 Å². The van der Waals surface area contributed by atoms with Gasteiger partial charge in [0.15, 0.2) is 0 Å². The van der Waals surface area contributed by atoms with Gasteiger partial charge in [0.1, 0.15) is 5.60 Å². The molecule has 0 aliphatic carbocycles. The zero-order valence-corrected chi connectivity index (χ0v) is 6.56. The average Bonchev–Trinajstić information content (AvgIpc) is 2.61. The van der Waals surface area contributed by atoms with Gasteiger partial charge in [-0.1, -0.05) is 0 Å². The Labute approximate surface area is 69.5 Å². The van der Waals surface area contributed by atoms with Gasteiger partial charge in [0, 0.05) is 6.42 Å². The highest BCUT2D eigenvalue weighted by Crippen LogP contribution is 2.36. The molecule has 2 heterocycles. The molecule has 2 aliphatic heterocycles. The quantitative estimate of drug-likeness (QED) is 0.560. The summed E-state index contributed by atoms with van der Waals surface area (Å²) in [5.41, 5.74) is -0.594. The molecule has 1 amide bonds. The van der Waals surface area contributed by atoms with Crippen LogP contribution >= 0.6 is 0 Å². The summed E-state index contributed by atoms with van der Waals surface area (Å²) in [5, 5.41) is 17.7. The van der Waals surface area contributed by atoms with Crippen LogP contribution in [0.1, 0.15) is 6.42 Å². The number of hydrogen-bond acceptors (Lipinski definition) is 3. The molecule has 0 spiro atoms. The number of amides is 1. The Kier molecular flexibility index (Phi) is 1.52. The van der Waals surface area contributed by atoms with Crippen molar-refractivity contribution in [2.75, 3.05) is 19.8 Å². The molecule has 12 heavy (non-hydrogen) atoms. The summed E-state index contributed by atoms with van der Waals surface area (Å²) < 4.78 is 5.31. The number of aliphatic hydroxyl groups excluding tert-OH is 1. The highest BCUT2D eigenvalue weighted by molar-refractivity contribution is 5.66. The number of nitrogens with zero attached hydrogens (tertiary/aromatic N) is 1. The minimum absolute atomic E-state index is 0.0466. The third-order valence-electron chi connectivity index (χ3n) is 2.62. The zero-order chi connectivity index (χ0) is 8.77. The minimum Gasteiger partial charge on any atom is -0.465 e. The molecule has 2 aliphatic rings. The number of likely N-dealkylation sites (tertiary alicyclic amines) is 1. The van der Waals surface area contributed by atoms with Crippen molar-refractivity contribution in [2.45, 2.75) is 18.1 Å². The van der Waals surface area contributed by atoms with Crippen LogP contribution in [0, 0.1) is 0 Å². The first-order valence-electron chi connectivity index (χ1n) is 3.91. The molecule has 0 radical (unpaired) electrons. The first kappa shape index (κ1) is 7.82. The maximum absolute atomic E-state index is 10.6. The number of hydrogen-bond donors (Lipinski definition) is 2. The summed E-state index contributed by atoms with van der Waals surface area (Å²) in [6, 6.07) is -0.0466. The van der Waals surface area contributed by atoms with E-state index in [0.717, 1.165) is 0 Å². The van der Waals surface area contributed by atoms with Gasteiger partial charge in [-0.25, -0.2) is 4.79 Å². The van der Waals surface area contributed by atoms with E-state index in [1.54, 1.807) is 0 Å². The van der Waals surface area contributed by atoms with Crippen molar-refractivity contribution in [1.82, 2.24) is 4.90 Å². The van der Waals surface area contributed by atoms with E-state index < -0.39 is 11.7 Å². The maximum atomic E-state index is 10.6. The van der Waals surface area contributed by atoms with Gasteiger partial charge in [0.2, 0.25) is 0 Å².